The molecule has 4 rings (SSSR count). The van der Waals surface area contributed by atoms with E-state index in [0.717, 1.165) is 17.8 Å². The Bertz CT molecular complexity index is 1300. The highest BCUT2D eigenvalue weighted by Crippen LogP contribution is 2.22. The van der Waals surface area contributed by atoms with Gasteiger partial charge in [0.1, 0.15) is 6.04 Å². The third-order valence-electron chi connectivity index (χ3n) is 5.52. The number of hydrogen-bond acceptors (Lipinski definition) is 4. The first-order chi connectivity index (χ1) is 14.9. The summed E-state index contributed by atoms with van der Waals surface area (Å²) in [5.41, 5.74) is 4.15. The van der Waals surface area contributed by atoms with E-state index < -0.39 is 6.04 Å². The van der Waals surface area contributed by atoms with Gasteiger partial charge < -0.3 is 5.32 Å². The van der Waals surface area contributed by atoms with Crippen LogP contribution in [0.25, 0.3) is 16.6 Å². The molecule has 0 saturated carbocycles. The average molecular weight is 415 g/mol. The van der Waals surface area contributed by atoms with Crippen molar-refractivity contribution in [3.63, 3.8) is 0 Å². The molecular formula is C24H25N5O2. The lowest BCUT2D eigenvalue weighted by atomic mass is 10.1. The molecular weight excluding hydrogens is 390 g/mol. The van der Waals surface area contributed by atoms with Gasteiger partial charge in [-0.3, -0.25) is 9.59 Å². The Morgan fingerprint density at radius 3 is 2.35 bits per heavy atom. The van der Waals surface area contributed by atoms with Gasteiger partial charge in [-0.1, -0.05) is 37.3 Å². The molecule has 1 N–H and O–H groups in total. The number of aromatic nitrogens is 4. The van der Waals surface area contributed by atoms with Gasteiger partial charge in [-0.25, -0.2) is 9.36 Å². The van der Waals surface area contributed by atoms with Crippen molar-refractivity contribution in [3.8, 4) is 5.69 Å². The van der Waals surface area contributed by atoms with Gasteiger partial charge in [-0.05, 0) is 57.0 Å². The topological polar surface area (TPSA) is 81.8 Å². The van der Waals surface area contributed by atoms with Gasteiger partial charge >= 0.3 is 0 Å². The fourth-order valence-corrected chi connectivity index (χ4v) is 3.72. The Kier molecular flexibility index (Phi) is 5.42. The third kappa shape index (κ3) is 3.74. The largest absolute Gasteiger partial charge is 0.324 e. The SMILES string of the molecule is CCc1ccc(NC(=O)[C@@H](C)n2nc(C)c3c(C)n(-c4ccccc4)nc3c2=O)cc1. The first-order valence-electron chi connectivity index (χ1n) is 10.3. The molecule has 0 spiro atoms. The molecule has 0 unspecified atom stereocenters. The fraction of sp³-hybridized carbons (Fsp3) is 0.250. The maximum Gasteiger partial charge on any atom is 0.295 e. The van der Waals surface area contributed by atoms with Crippen LogP contribution in [0.2, 0.25) is 0 Å². The van der Waals surface area contributed by atoms with E-state index in [0.29, 0.717) is 22.3 Å². The lowest BCUT2D eigenvalue weighted by Gasteiger charge is -2.15. The highest BCUT2D eigenvalue weighted by Gasteiger charge is 2.23. The molecule has 0 aliphatic carbocycles. The summed E-state index contributed by atoms with van der Waals surface area (Å²) >= 11 is 0. The van der Waals surface area contributed by atoms with Gasteiger partial charge in [0.05, 0.1) is 22.5 Å². The second-order valence-electron chi connectivity index (χ2n) is 7.61. The molecule has 31 heavy (non-hydrogen) atoms. The molecule has 4 aromatic rings. The Morgan fingerprint density at radius 1 is 1.03 bits per heavy atom. The zero-order valence-corrected chi connectivity index (χ0v) is 18.1. The van der Waals surface area contributed by atoms with Crippen LogP contribution in [-0.4, -0.2) is 25.5 Å². The summed E-state index contributed by atoms with van der Waals surface area (Å²) in [5, 5.41) is 12.6. The molecule has 2 aromatic carbocycles. The van der Waals surface area contributed by atoms with E-state index in [4.69, 9.17) is 0 Å². The number of carbonyl (C=O) groups excluding carboxylic acids is 1. The molecule has 0 aliphatic rings. The molecule has 1 atom stereocenters. The molecule has 7 nitrogen and oxygen atoms in total. The zero-order valence-electron chi connectivity index (χ0n) is 18.1. The van der Waals surface area contributed by atoms with E-state index in [2.05, 4.69) is 22.4 Å². The summed E-state index contributed by atoms with van der Waals surface area (Å²) in [6.45, 7) is 7.48. The lowest BCUT2D eigenvalue weighted by Crippen LogP contribution is -2.34. The third-order valence-corrected chi connectivity index (χ3v) is 5.52. The number of rotatable bonds is 5. The van der Waals surface area contributed by atoms with E-state index >= 15 is 0 Å². The van der Waals surface area contributed by atoms with Gasteiger partial charge in [0.25, 0.3) is 5.56 Å². The van der Waals surface area contributed by atoms with Crippen molar-refractivity contribution in [2.24, 2.45) is 0 Å². The standard InChI is InChI=1S/C24H25N5O2/c1-5-18-11-13-19(14-12-18)25-23(30)17(4)29-24(31)22-21(15(2)26-29)16(3)28(27-22)20-9-7-6-8-10-20/h6-14,17H,5H2,1-4H3,(H,25,30)/t17-/m1/s1. The minimum Gasteiger partial charge on any atom is -0.324 e. The number of para-hydroxylation sites is 1. The van der Waals surface area contributed by atoms with Crippen LogP contribution in [0.5, 0.6) is 0 Å². The number of benzene rings is 2. The highest BCUT2D eigenvalue weighted by molar-refractivity contribution is 5.93. The van der Waals surface area contributed by atoms with Gasteiger partial charge in [-0.2, -0.15) is 10.2 Å². The van der Waals surface area contributed by atoms with E-state index in [9.17, 15) is 9.59 Å². The number of anilines is 1. The normalized spacial score (nSPS) is 12.1. The Labute approximate surface area is 180 Å². The molecule has 0 aliphatic heterocycles. The number of hydrogen-bond donors (Lipinski definition) is 1. The van der Waals surface area contributed by atoms with Gasteiger partial charge in [-0.15, -0.1) is 0 Å². The van der Waals surface area contributed by atoms with Gasteiger partial charge in [0.2, 0.25) is 5.91 Å². The number of fused-ring (bicyclic) bond motifs is 1. The summed E-state index contributed by atoms with van der Waals surface area (Å²) in [4.78, 5) is 26.0. The number of nitrogens with zero attached hydrogens (tertiary/aromatic N) is 4. The van der Waals surface area contributed by atoms with Crippen molar-refractivity contribution in [3.05, 3.63) is 81.9 Å². The number of aryl methyl sites for hydroxylation is 3. The van der Waals surface area contributed by atoms with Crippen molar-refractivity contribution in [2.45, 2.75) is 40.2 Å². The molecule has 158 valence electrons. The molecule has 0 bridgehead atoms. The van der Waals surface area contributed by atoms with E-state index in [1.54, 1.807) is 11.6 Å². The van der Waals surface area contributed by atoms with Crippen LogP contribution in [0.1, 0.15) is 36.8 Å². The van der Waals surface area contributed by atoms with E-state index in [1.165, 1.54) is 10.2 Å². The fourth-order valence-electron chi connectivity index (χ4n) is 3.72. The second kappa shape index (κ2) is 8.18. The van der Waals surface area contributed by atoms with Crippen molar-refractivity contribution >= 4 is 22.5 Å². The van der Waals surface area contributed by atoms with Crippen molar-refractivity contribution in [1.82, 2.24) is 19.6 Å². The first-order valence-corrected chi connectivity index (χ1v) is 10.3. The van der Waals surface area contributed by atoms with Crippen molar-refractivity contribution in [2.75, 3.05) is 5.32 Å². The van der Waals surface area contributed by atoms with E-state index in [1.807, 2.05) is 68.4 Å². The molecule has 0 radical (unpaired) electrons. The van der Waals surface area contributed by atoms with Crippen LogP contribution in [0.4, 0.5) is 5.69 Å². The summed E-state index contributed by atoms with van der Waals surface area (Å²) in [5.74, 6) is -0.309. The minimum absolute atomic E-state index is 0.306. The van der Waals surface area contributed by atoms with Crippen LogP contribution >= 0.6 is 0 Å². The summed E-state index contributed by atoms with van der Waals surface area (Å²) in [6, 6.07) is 16.5. The predicted molar refractivity (Wildman–Crippen MR) is 122 cm³/mol. The van der Waals surface area contributed by atoms with Crippen molar-refractivity contribution in [1.29, 1.82) is 0 Å². The molecule has 1 amide bonds. The Balaban J connectivity index is 1.71. The van der Waals surface area contributed by atoms with E-state index in [-0.39, 0.29) is 11.5 Å². The van der Waals surface area contributed by atoms with Gasteiger partial charge in [0.15, 0.2) is 5.52 Å². The van der Waals surface area contributed by atoms with Crippen LogP contribution in [0.15, 0.2) is 59.4 Å². The van der Waals surface area contributed by atoms with Crippen LogP contribution in [0, 0.1) is 13.8 Å². The first kappa shape index (κ1) is 20.5. The van der Waals surface area contributed by atoms with Crippen LogP contribution in [-0.2, 0) is 11.2 Å². The second-order valence-corrected chi connectivity index (χ2v) is 7.61. The minimum atomic E-state index is -0.788. The maximum absolute atomic E-state index is 13.2. The quantitative estimate of drug-likeness (QED) is 0.535. The van der Waals surface area contributed by atoms with Crippen molar-refractivity contribution < 1.29 is 4.79 Å². The summed E-state index contributed by atoms with van der Waals surface area (Å²) in [7, 11) is 0. The molecule has 0 fully saturated rings. The number of amides is 1. The summed E-state index contributed by atoms with van der Waals surface area (Å²) in [6.07, 6.45) is 0.929. The molecule has 2 aromatic heterocycles. The van der Waals surface area contributed by atoms with Crippen LogP contribution in [0.3, 0.4) is 0 Å². The summed E-state index contributed by atoms with van der Waals surface area (Å²) < 4.78 is 2.96. The molecule has 0 saturated heterocycles. The lowest BCUT2D eigenvalue weighted by molar-refractivity contribution is -0.119. The smallest absolute Gasteiger partial charge is 0.295 e. The highest BCUT2D eigenvalue weighted by atomic mass is 16.2. The zero-order chi connectivity index (χ0) is 22.1. The predicted octanol–water partition coefficient (Wildman–Crippen LogP) is 3.96. The van der Waals surface area contributed by atoms with Crippen LogP contribution < -0.4 is 10.9 Å². The molecule has 2 heterocycles. The molecule has 7 heteroatoms. The Morgan fingerprint density at radius 2 is 1.71 bits per heavy atom. The number of nitrogens with one attached hydrogen (secondary N) is 1. The monoisotopic (exact) mass is 415 g/mol. The Hall–Kier alpha value is -3.74. The average Bonchev–Trinajstić information content (AvgIpc) is 3.15. The number of carbonyl (C=O) groups is 1. The van der Waals surface area contributed by atoms with Gasteiger partial charge in [0, 0.05) is 5.69 Å². The maximum atomic E-state index is 13.2.